The van der Waals surface area contributed by atoms with Crippen molar-refractivity contribution in [2.45, 2.75) is 25.3 Å². The number of nitrogens with two attached hydrogens (primary N) is 1. The number of benzene rings is 1. The van der Waals surface area contributed by atoms with Gasteiger partial charge >= 0.3 is 0 Å². The number of rotatable bonds is 0. The topological polar surface area (TPSA) is 35.2 Å². The Bertz CT molecular complexity index is 369. The molecule has 0 unspecified atom stereocenters. The lowest BCUT2D eigenvalue weighted by Crippen LogP contribution is -2.37. The Balaban J connectivity index is 1.98. The average molecular weight is 203 g/mol. The van der Waals surface area contributed by atoms with Gasteiger partial charge in [0.25, 0.3) is 0 Å². The van der Waals surface area contributed by atoms with Crippen molar-refractivity contribution < 1.29 is 4.74 Å². The molecule has 2 N–H and O–H groups in total. The van der Waals surface area contributed by atoms with Crippen molar-refractivity contribution in [1.82, 2.24) is 0 Å². The maximum Gasteiger partial charge on any atom is 0.0472 e. The third kappa shape index (κ3) is 1.32. The Kier molecular flexibility index (Phi) is 2.08. The van der Waals surface area contributed by atoms with Crippen molar-refractivity contribution >= 4 is 0 Å². The molecule has 15 heavy (non-hydrogen) atoms. The molecule has 1 heterocycles. The molecule has 2 nitrogen and oxygen atoms in total. The van der Waals surface area contributed by atoms with Crippen LogP contribution in [0.25, 0.3) is 0 Å². The first kappa shape index (κ1) is 9.37. The number of fused-ring (bicyclic) bond motifs is 1. The molecule has 1 aliphatic carbocycles. The van der Waals surface area contributed by atoms with Gasteiger partial charge in [-0.15, -0.1) is 0 Å². The first-order valence-electron chi connectivity index (χ1n) is 5.73. The van der Waals surface area contributed by atoms with Crippen molar-refractivity contribution in [3.8, 4) is 0 Å². The van der Waals surface area contributed by atoms with Gasteiger partial charge in [0.2, 0.25) is 0 Å². The minimum atomic E-state index is 0.220. The van der Waals surface area contributed by atoms with E-state index in [1.165, 1.54) is 11.1 Å². The van der Waals surface area contributed by atoms with Crippen LogP contribution in [0.3, 0.4) is 0 Å². The molecule has 1 aliphatic heterocycles. The zero-order valence-corrected chi connectivity index (χ0v) is 8.91. The molecule has 0 aromatic heterocycles. The Morgan fingerprint density at radius 3 is 2.67 bits per heavy atom. The van der Waals surface area contributed by atoms with Crippen molar-refractivity contribution in [3.05, 3.63) is 35.4 Å². The van der Waals surface area contributed by atoms with E-state index in [4.69, 9.17) is 10.5 Å². The highest BCUT2D eigenvalue weighted by Gasteiger charge is 2.44. The van der Waals surface area contributed by atoms with E-state index in [-0.39, 0.29) is 6.04 Å². The van der Waals surface area contributed by atoms with E-state index in [2.05, 4.69) is 24.3 Å². The van der Waals surface area contributed by atoms with Gasteiger partial charge in [-0.05, 0) is 35.8 Å². The standard InChI is InChI=1S/C13H17NO/c14-12-11-4-2-1-3-10(11)9-13(12)5-7-15-8-6-13/h1-4,12H,5-9,14H2/t12-/m0/s1. The van der Waals surface area contributed by atoms with E-state index >= 15 is 0 Å². The lowest BCUT2D eigenvalue weighted by molar-refractivity contribution is 0.00696. The average Bonchev–Trinajstić information content (AvgIpc) is 2.54. The number of ether oxygens (including phenoxy) is 1. The van der Waals surface area contributed by atoms with E-state index in [0.29, 0.717) is 5.41 Å². The van der Waals surface area contributed by atoms with Gasteiger partial charge in [-0.3, -0.25) is 0 Å². The zero-order valence-electron chi connectivity index (χ0n) is 8.91. The highest BCUT2D eigenvalue weighted by atomic mass is 16.5. The maximum absolute atomic E-state index is 6.40. The zero-order chi connectivity index (χ0) is 10.3. The van der Waals surface area contributed by atoms with Crippen molar-refractivity contribution in [1.29, 1.82) is 0 Å². The van der Waals surface area contributed by atoms with E-state index in [0.717, 1.165) is 32.5 Å². The lowest BCUT2D eigenvalue weighted by atomic mass is 9.75. The molecule has 0 saturated carbocycles. The summed E-state index contributed by atoms with van der Waals surface area (Å²) in [5.41, 5.74) is 9.51. The summed E-state index contributed by atoms with van der Waals surface area (Å²) >= 11 is 0. The summed E-state index contributed by atoms with van der Waals surface area (Å²) < 4.78 is 5.45. The number of hydrogen-bond acceptors (Lipinski definition) is 2. The van der Waals surface area contributed by atoms with E-state index in [1.807, 2.05) is 0 Å². The molecule has 80 valence electrons. The van der Waals surface area contributed by atoms with Gasteiger partial charge in [-0.1, -0.05) is 24.3 Å². The van der Waals surface area contributed by atoms with Crippen molar-refractivity contribution in [2.75, 3.05) is 13.2 Å². The predicted molar refractivity (Wildman–Crippen MR) is 59.6 cm³/mol. The molecule has 1 aromatic carbocycles. The summed E-state index contributed by atoms with van der Waals surface area (Å²) in [6, 6.07) is 8.84. The molecule has 1 spiro atoms. The van der Waals surface area contributed by atoms with Crippen LogP contribution in [0.2, 0.25) is 0 Å². The van der Waals surface area contributed by atoms with E-state index < -0.39 is 0 Å². The molecular weight excluding hydrogens is 186 g/mol. The molecule has 2 aliphatic rings. The molecule has 0 amide bonds. The van der Waals surface area contributed by atoms with E-state index in [1.54, 1.807) is 0 Å². The quantitative estimate of drug-likeness (QED) is 0.700. The predicted octanol–water partition coefficient (Wildman–Crippen LogP) is 2.04. The fourth-order valence-electron chi connectivity index (χ4n) is 3.08. The normalized spacial score (nSPS) is 27.9. The molecule has 0 radical (unpaired) electrons. The molecule has 2 heteroatoms. The Morgan fingerprint density at radius 1 is 1.20 bits per heavy atom. The highest BCUT2D eigenvalue weighted by Crippen LogP contribution is 2.50. The van der Waals surface area contributed by atoms with Crippen LogP contribution in [0.1, 0.15) is 30.0 Å². The monoisotopic (exact) mass is 203 g/mol. The fourth-order valence-corrected chi connectivity index (χ4v) is 3.08. The molecular formula is C13H17NO. The maximum atomic E-state index is 6.40. The van der Waals surface area contributed by atoms with Crippen LogP contribution >= 0.6 is 0 Å². The minimum Gasteiger partial charge on any atom is -0.381 e. The smallest absolute Gasteiger partial charge is 0.0472 e. The summed E-state index contributed by atoms with van der Waals surface area (Å²) in [5.74, 6) is 0. The van der Waals surface area contributed by atoms with Gasteiger partial charge in [0.05, 0.1) is 0 Å². The molecule has 0 bridgehead atoms. The molecule has 1 fully saturated rings. The second-order valence-corrected chi connectivity index (χ2v) is 4.83. The first-order valence-corrected chi connectivity index (χ1v) is 5.73. The van der Waals surface area contributed by atoms with Crippen LogP contribution in [0, 0.1) is 5.41 Å². The Hall–Kier alpha value is -0.860. The van der Waals surface area contributed by atoms with Crippen LogP contribution in [-0.2, 0) is 11.2 Å². The Morgan fingerprint density at radius 2 is 1.93 bits per heavy atom. The summed E-state index contributed by atoms with van der Waals surface area (Å²) in [7, 11) is 0. The fraction of sp³-hybridized carbons (Fsp3) is 0.538. The van der Waals surface area contributed by atoms with Gasteiger partial charge in [0.15, 0.2) is 0 Å². The van der Waals surface area contributed by atoms with E-state index in [9.17, 15) is 0 Å². The first-order chi connectivity index (χ1) is 7.32. The third-order valence-electron chi connectivity index (χ3n) is 4.08. The van der Waals surface area contributed by atoms with Crippen molar-refractivity contribution in [3.63, 3.8) is 0 Å². The van der Waals surface area contributed by atoms with Crippen molar-refractivity contribution in [2.24, 2.45) is 11.1 Å². The molecule has 1 atom stereocenters. The van der Waals surface area contributed by atoms with Gasteiger partial charge in [-0.25, -0.2) is 0 Å². The van der Waals surface area contributed by atoms with Gasteiger partial charge < -0.3 is 10.5 Å². The molecule has 1 aromatic rings. The van der Waals surface area contributed by atoms with Crippen LogP contribution < -0.4 is 5.73 Å². The third-order valence-corrected chi connectivity index (χ3v) is 4.08. The van der Waals surface area contributed by atoms with Gasteiger partial charge in [-0.2, -0.15) is 0 Å². The molecule has 3 rings (SSSR count). The summed E-state index contributed by atoms with van der Waals surface area (Å²) in [4.78, 5) is 0. The SMILES string of the molecule is N[C@H]1c2ccccc2CC12CCOCC2. The summed E-state index contributed by atoms with van der Waals surface area (Å²) in [6.07, 6.45) is 3.37. The van der Waals surface area contributed by atoms with Crippen LogP contribution in [0.5, 0.6) is 0 Å². The number of hydrogen-bond donors (Lipinski definition) is 1. The highest BCUT2D eigenvalue weighted by molar-refractivity contribution is 5.38. The van der Waals surface area contributed by atoms with Gasteiger partial charge in [0.1, 0.15) is 0 Å². The summed E-state index contributed by atoms with van der Waals surface area (Å²) in [6.45, 7) is 1.75. The largest absolute Gasteiger partial charge is 0.381 e. The van der Waals surface area contributed by atoms with Gasteiger partial charge in [0, 0.05) is 19.3 Å². The molecule has 1 saturated heterocycles. The van der Waals surface area contributed by atoms with Crippen LogP contribution in [0.15, 0.2) is 24.3 Å². The lowest BCUT2D eigenvalue weighted by Gasteiger charge is -2.37. The Labute approximate surface area is 90.4 Å². The second-order valence-electron chi connectivity index (χ2n) is 4.83. The summed E-state index contributed by atoms with van der Waals surface area (Å²) in [5, 5.41) is 0. The second kappa shape index (κ2) is 3.32. The van der Waals surface area contributed by atoms with Crippen LogP contribution in [0.4, 0.5) is 0 Å². The van der Waals surface area contributed by atoms with Crippen LogP contribution in [-0.4, -0.2) is 13.2 Å². The minimum absolute atomic E-state index is 0.220.